The molecule has 1 aliphatic rings. The molecule has 1 saturated heterocycles. The van der Waals surface area contributed by atoms with Gasteiger partial charge in [0.2, 0.25) is 5.91 Å². The summed E-state index contributed by atoms with van der Waals surface area (Å²) in [5, 5.41) is 0. The molecular weight excluding hydrogens is 328 g/mol. The lowest BCUT2D eigenvalue weighted by Crippen LogP contribution is -2.47. The molecule has 1 aromatic heterocycles. The van der Waals surface area contributed by atoms with Crippen LogP contribution in [0.4, 0.5) is 0 Å². The van der Waals surface area contributed by atoms with Gasteiger partial charge in [-0.3, -0.25) is 9.78 Å². The number of hydrogen-bond donors (Lipinski definition) is 0. The Labute approximate surface area is 153 Å². The minimum Gasteiger partial charge on any atom is -0.491 e. The fourth-order valence-electron chi connectivity index (χ4n) is 2.62. The van der Waals surface area contributed by atoms with Crippen LogP contribution in [0.2, 0.25) is 0 Å². The third kappa shape index (κ3) is 4.95. The molecule has 2 heterocycles. The second-order valence-electron chi connectivity index (χ2n) is 5.85. The highest BCUT2D eigenvalue weighted by Gasteiger charge is 2.23. The summed E-state index contributed by atoms with van der Waals surface area (Å²) >= 11 is 0. The zero-order chi connectivity index (χ0) is 18.2. The number of amides is 1. The third-order valence-corrected chi connectivity index (χ3v) is 3.97. The fourth-order valence-corrected chi connectivity index (χ4v) is 2.62. The van der Waals surface area contributed by atoms with Gasteiger partial charge in [-0.15, -0.1) is 6.42 Å². The van der Waals surface area contributed by atoms with E-state index in [-0.39, 0.29) is 12.0 Å². The standard InChI is InChI=1S/C21H20N2O3/c1-2-17-6-5-8-19(14-17)26-16-20-15-23(12-13-25-20)21(24)10-9-18-7-3-4-11-22-18/h1,3-11,14,20H,12-13,15-16H2/b10-9+. The van der Waals surface area contributed by atoms with Crippen molar-refractivity contribution in [2.45, 2.75) is 6.10 Å². The molecule has 0 spiro atoms. The van der Waals surface area contributed by atoms with Gasteiger partial charge in [-0.05, 0) is 36.4 Å². The van der Waals surface area contributed by atoms with Crippen LogP contribution in [0, 0.1) is 12.3 Å². The van der Waals surface area contributed by atoms with Crippen LogP contribution in [0.15, 0.2) is 54.7 Å². The number of ether oxygens (including phenoxy) is 2. The first-order valence-electron chi connectivity index (χ1n) is 8.44. The van der Waals surface area contributed by atoms with E-state index in [4.69, 9.17) is 15.9 Å². The van der Waals surface area contributed by atoms with Gasteiger partial charge in [-0.25, -0.2) is 0 Å². The highest BCUT2D eigenvalue weighted by molar-refractivity contribution is 5.91. The third-order valence-electron chi connectivity index (χ3n) is 3.97. The van der Waals surface area contributed by atoms with Crippen LogP contribution in [-0.4, -0.2) is 48.2 Å². The van der Waals surface area contributed by atoms with E-state index in [0.29, 0.717) is 32.1 Å². The van der Waals surface area contributed by atoms with Crippen LogP contribution >= 0.6 is 0 Å². The molecule has 132 valence electrons. The smallest absolute Gasteiger partial charge is 0.246 e. The minimum absolute atomic E-state index is 0.0571. The maximum atomic E-state index is 12.4. The fraction of sp³-hybridized carbons (Fsp3) is 0.238. The van der Waals surface area contributed by atoms with E-state index in [1.165, 1.54) is 0 Å². The summed E-state index contributed by atoms with van der Waals surface area (Å²) in [5.74, 6) is 3.22. The maximum absolute atomic E-state index is 12.4. The predicted molar refractivity (Wildman–Crippen MR) is 99.5 cm³/mol. The second kappa shape index (κ2) is 8.84. The van der Waals surface area contributed by atoms with Crippen molar-refractivity contribution >= 4 is 12.0 Å². The minimum atomic E-state index is -0.176. The number of pyridine rings is 1. The van der Waals surface area contributed by atoms with Crippen LogP contribution in [-0.2, 0) is 9.53 Å². The van der Waals surface area contributed by atoms with Gasteiger partial charge in [0.25, 0.3) is 0 Å². The number of hydrogen-bond acceptors (Lipinski definition) is 4. The van der Waals surface area contributed by atoms with Crippen LogP contribution < -0.4 is 4.74 Å². The molecule has 1 atom stereocenters. The molecule has 1 amide bonds. The van der Waals surface area contributed by atoms with Gasteiger partial charge in [0.05, 0.1) is 18.8 Å². The predicted octanol–water partition coefficient (Wildman–Crippen LogP) is 2.38. The quantitative estimate of drug-likeness (QED) is 0.615. The first kappa shape index (κ1) is 17.7. The van der Waals surface area contributed by atoms with Gasteiger partial charge in [-0.2, -0.15) is 0 Å². The number of morpholine rings is 1. The first-order valence-corrected chi connectivity index (χ1v) is 8.44. The average Bonchev–Trinajstić information content (AvgIpc) is 2.71. The molecule has 0 saturated carbocycles. The number of carbonyl (C=O) groups excluding carboxylic acids is 1. The van der Waals surface area contributed by atoms with Crippen molar-refractivity contribution in [3.63, 3.8) is 0 Å². The number of carbonyl (C=O) groups is 1. The van der Waals surface area contributed by atoms with E-state index in [1.807, 2.05) is 36.4 Å². The summed E-state index contributed by atoms with van der Waals surface area (Å²) in [7, 11) is 0. The van der Waals surface area contributed by atoms with Crippen molar-refractivity contribution in [1.29, 1.82) is 0 Å². The van der Waals surface area contributed by atoms with Gasteiger partial charge in [-0.1, -0.05) is 18.1 Å². The highest BCUT2D eigenvalue weighted by Crippen LogP contribution is 2.14. The summed E-state index contributed by atoms with van der Waals surface area (Å²) in [6.07, 6.45) is 10.2. The summed E-state index contributed by atoms with van der Waals surface area (Å²) < 4.78 is 11.5. The van der Waals surface area contributed by atoms with Gasteiger partial charge in [0, 0.05) is 24.4 Å². The molecule has 26 heavy (non-hydrogen) atoms. The Kier molecular flexibility index (Phi) is 6.02. The average molecular weight is 348 g/mol. The Morgan fingerprint density at radius 2 is 2.31 bits per heavy atom. The van der Waals surface area contributed by atoms with Crippen molar-refractivity contribution in [3.8, 4) is 18.1 Å². The number of rotatable bonds is 5. The molecule has 0 N–H and O–H groups in total. The molecule has 5 heteroatoms. The van der Waals surface area contributed by atoms with E-state index >= 15 is 0 Å². The number of terminal acetylenes is 1. The molecule has 1 aliphatic heterocycles. The second-order valence-corrected chi connectivity index (χ2v) is 5.85. The molecule has 0 radical (unpaired) electrons. The zero-order valence-electron chi connectivity index (χ0n) is 14.4. The monoisotopic (exact) mass is 348 g/mol. The van der Waals surface area contributed by atoms with Crippen LogP contribution in [0.5, 0.6) is 5.75 Å². The lowest BCUT2D eigenvalue weighted by atomic mass is 10.2. The van der Waals surface area contributed by atoms with Crippen molar-refractivity contribution in [2.75, 3.05) is 26.3 Å². The van der Waals surface area contributed by atoms with Crippen molar-refractivity contribution in [3.05, 3.63) is 66.0 Å². The summed E-state index contributed by atoms with van der Waals surface area (Å²) in [6.45, 7) is 1.90. The molecule has 0 bridgehead atoms. The highest BCUT2D eigenvalue weighted by atomic mass is 16.5. The van der Waals surface area contributed by atoms with Gasteiger partial charge >= 0.3 is 0 Å². The molecule has 0 aliphatic carbocycles. The largest absolute Gasteiger partial charge is 0.491 e. The maximum Gasteiger partial charge on any atom is 0.246 e. The summed E-state index contributed by atoms with van der Waals surface area (Å²) in [6, 6.07) is 12.9. The Morgan fingerprint density at radius 1 is 1.38 bits per heavy atom. The molecule has 5 nitrogen and oxygen atoms in total. The molecule has 3 rings (SSSR count). The molecule has 1 fully saturated rings. The number of benzene rings is 1. The molecular formula is C21H20N2O3. The molecule has 2 aromatic rings. The first-order chi connectivity index (χ1) is 12.7. The lowest BCUT2D eigenvalue weighted by molar-refractivity contribution is -0.134. The number of nitrogens with zero attached hydrogens (tertiary/aromatic N) is 2. The van der Waals surface area contributed by atoms with E-state index in [2.05, 4.69) is 10.9 Å². The Balaban J connectivity index is 1.52. The lowest BCUT2D eigenvalue weighted by Gasteiger charge is -2.32. The zero-order valence-corrected chi connectivity index (χ0v) is 14.4. The van der Waals surface area contributed by atoms with Crippen molar-refractivity contribution < 1.29 is 14.3 Å². The Morgan fingerprint density at radius 3 is 3.12 bits per heavy atom. The Bertz CT molecular complexity index is 812. The van der Waals surface area contributed by atoms with E-state index in [0.717, 1.165) is 11.3 Å². The van der Waals surface area contributed by atoms with E-state index in [1.54, 1.807) is 29.3 Å². The molecule has 1 unspecified atom stereocenters. The van der Waals surface area contributed by atoms with Gasteiger partial charge in [0.1, 0.15) is 18.5 Å². The van der Waals surface area contributed by atoms with E-state index in [9.17, 15) is 4.79 Å². The summed E-state index contributed by atoms with van der Waals surface area (Å²) in [5.41, 5.74) is 1.52. The normalized spacial score (nSPS) is 17.0. The topological polar surface area (TPSA) is 51.7 Å². The van der Waals surface area contributed by atoms with Crippen LogP contribution in [0.1, 0.15) is 11.3 Å². The molecule has 1 aromatic carbocycles. The van der Waals surface area contributed by atoms with Gasteiger partial charge < -0.3 is 14.4 Å². The van der Waals surface area contributed by atoms with Crippen molar-refractivity contribution in [1.82, 2.24) is 9.88 Å². The van der Waals surface area contributed by atoms with E-state index < -0.39 is 0 Å². The van der Waals surface area contributed by atoms with Gasteiger partial charge in [0.15, 0.2) is 0 Å². The van der Waals surface area contributed by atoms with Crippen molar-refractivity contribution in [2.24, 2.45) is 0 Å². The van der Waals surface area contributed by atoms with Crippen LogP contribution in [0.3, 0.4) is 0 Å². The summed E-state index contributed by atoms with van der Waals surface area (Å²) in [4.78, 5) is 18.3. The SMILES string of the molecule is C#Cc1cccc(OCC2CN(C(=O)/C=C/c3ccccn3)CCO2)c1. The van der Waals surface area contributed by atoms with Crippen LogP contribution in [0.25, 0.3) is 6.08 Å². The number of aromatic nitrogens is 1. The Hall–Kier alpha value is -3.10.